The molecule has 0 atom stereocenters. The smallest absolute Gasteiger partial charge is 0.132 e. The Morgan fingerprint density at radius 1 is 1.58 bits per heavy atom. The Morgan fingerprint density at radius 3 is 2.83 bits per heavy atom. The van der Waals surface area contributed by atoms with Crippen LogP contribution in [0.2, 0.25) is 0 Å². The highest BCUT2D eigenvalue weighted by Crippen LogP contribution is 2.22. The van der Waals surface area contributed by atoms with Crippen molar-refractivity contribution in [3.63, 3.8) is 0 Å². The van der Waals surface area contributed by atoms with E-state index in [1.54, 1.807) is 19.1 Å². The van der Waals surface area contributed by atoms with E-state index in [0.717, 1.165) is 0 Å². The van der Waals surface area contributed by atoms with Crippen LogP contribution in [0.25, 0.3) is 0 Å². The molecule has 4 heteroatoms. The Balaban J connectivity index is 3.14. The van der Waals surface area contributed by atoms with Gasteiger partial charge in [0, 0.05) is 10.0 Å². The predicted octanol–water partition coefficient (Wildman–Crippen LogP) is 2.29. The second-order valence-electron chi connectivity index (χ2n) is 2.47. The largest absolute Gasteiger partial charge is 0.300 e. The Labute approximate surface area is 78.6 Å². The summed E-state index contributed by atoms with van der Waals surface area (Å²) >= 11 is 3.21. The van der Waals surface area contributed by atoms with Crippen LogP contribution in [0.3, 0.4) is 0 Å². The molecule has 0 unspecified atom stereocenters. The normalized spacial score (nSPS) is 10.3. The highest BCUT2D eigenvalue weighted by molar-refractivity contribution is 9.10. The topological polar surface area (TPSA) is 35.2 Å². The maximum Gasteiger partial charge on any atom is 0.132 e. The van der Waals surface area contributed by atoms with Crippen molar-refractivity contribution in [3.05, 3.63) is 33.5 Å². The van der Waals surface area contributed by atoms with Gasteiger partial charge < -0.3 is 0 Å². The fourth-order valence-corrected chi connectivity index (χ4v) is 1.35. The minimum Gasteiger partial charge on any atom is -0.300 e. The lowest BCUT2D eigenvalue weighted by Crippen LogP contribution is -2.03. The van der Waals surface area contributed by atoms with E-state index in [1.807, 2.05) is 0 Å². The number of hydrogen-bond donors (Lipinski definition) is 1. The molecule has 0 saturated carbocycles. The molecular formula is C8H9BrFNO. The number of rotatable bonds is 2. The summed E-state index contributed by atoms with van der Waals surface area (Å²) in [4.78, 5) is 4.37. The third kappa shape index (κ3) is 1.83. The van der Waals surface area contributed by atoms with Crippen molar-refractivity contribution in [1.29, 1.82) is 0 Å². The van der Waals surface area contributed by atoms with Gasteiger partial charge in [-0.1, -0.05) is 22.0 Å². The van der Waals surface area contributed by atoms with Crippen LogP contribution in [0.1, 0.15) is 11.1 Å². The molecule has 0 spiro atoms. The van der Waals surface area contributed by atoms with E-state index < -0.39 is 0 Å². The fraction of sp³-hybridized carbons (Fsp3) is 0.250. The van der Waals surface area contributed by atoms with Gasteiger partial charge in [-0.15, -0.1) is 0 Å². The molecular weight excluding hydrogens is 225 g/mol. The highest BCUT2D eigenvalue weighted by atomic mass is 79.9. The maximum absolute atomic E-state index is 13.3. The lowest BCUT2D eigenvalue weighted by molar-refractivity contribution is 0.121. The van der Waals surface area contributed by atoms with Crippen molar-refractivity contribution in [1.82, 2.24) is 0 Å². The number of nitrogens with two attached hydrogens (primary N) is 1. The molecule has 2 N–H and O–H groups in total. The second-order valence-corrected chi connectivity index (χ2v) is 3.32. The third-order valence-corrected chi connectivity index (χ3v) is 2.35. The number of hydrogen-bond acceptors (Lipinski definition) is 2. The van der Waals surface area contributed by atoms with Crippen molar-refractivity contribution in [2.24, 2.45) is 5.90 Å². The van der Waals surface area contributed by atoms with Crippen molar-refractivity contribution in [2.75, 3.05) is 0 Å². The average Bonchev–Trinajstić information content (AvgIpc) is 2.06. The summed E-state index contributed by atoms with van der Waals surface area (Å²) in [5, 5.41) is 0. The van der Waals surface area contributed by atoms with Gasteiger partial charge in [0.05, 0.1) is 6.61 Å². The zero-order valence-electron chi connectivity index (χ0n) is 6.60. The summed E-state index contributed by atoms with van der Waals surface area (Å²) in [7, 11) is 0. The van der Waals surface area contributed by atoms with Crippen LogP contribution in [0.4, 0.5) is 4.39 Å². The van der Waals surface area contributed by atoms with Crippen LogP contribution in [0.15, 0.2) is 16.6 Å². The van der Waals surface area contributed by atoms with Crippen LogP contribution in [0, 0.1) is 12.7 Å². The van der Waals surface area contributed by atoms with E-state index >= 15 is 0 Å². The van der Waals surface area contributed by atoms with Crippen molar-refractivity contribution in [3.8, 4) is 0 Å². The molecule has 0 radical (unpaired) electrons. The molecule has 0 aliphatic carbocycles. The zero-order chi connectivity index (χ0) is 9.14. The van der Waals surface area contributed by atoms with Gasteiger partial charge in [0.1, 0.15) is 5.82 Å². The lowest BCUT2D eigenvalue weighted by atomic mass is 10.1. The van der Waals surface area contributed by atoms with E-state index in [4.69, 9.17) is 5.90 Å². The van der Waals surface area contributed by atoms with E-state index in [9.17, 15) is 4.39 Å². The zero-order valence-corrected chi connectivity index (χ0v) is 8.19. The first-order chi connectivity index (χ1) is 5.66. The average molecular weight is 234 g/mol. The van der Waals surface area contributed by atoms with Gasteiger partial charge in [0.15, 0.2) is 0 Å². The monoisotopic (exact) mass is 233 g/mol. The molecule has 2 nitrogen and oxygen atoms in total. The predicted molar refractivity (Wildman–Crippen MR) is 47.8 cm³/mol. The number of halogens is 2. The summed E-state index contributed by atoms with van der Waals surface area (Å²) in [6.45, 7) is 1.77. The van der Waals surface area contributed by atoms with Crippen molar-refractivity contribution in [2.45, 2.75) is 13.5 Å². The second kappa shape index (κ2) is 3.98. The van der Waals surface area contributed by atoms with E-state index in [1.165, 1.54) is 0 Å². The first kappa shape index (κ1) is 9.64. The molecule has 0 saturated heterocycles. The quantitative estimate of drug-likeness (QED) is 0.796. The molecule has 0 aliphatic rings. The van der Waals surface area contributed by atoms with Crippen molar-refractivity contribution < 1.29 is 9.23 Å². The van der Waals surface area contributed by atoms with E-state index in [2.05, 4.69) is 20.8 Å². The molecule has 0 aliphatic heterocycles. The minimum atomic E-state index is -0.269. The summed E-state index contributed by atoms with van der Waals surface area (Å²) in [6, 6.07) is 3.46. The molecule has 1 aromatic carbocycles. The Morgan fingerprint density at radius 2 is 2.25 bits per heavy atom. The Hall–Kier alpha value is -0.450. The first-order valence-corrected chi connectivity index (χ1v) is 4.21. The molecule has 66 valence electrons. The summed E-state index contributed by atoms with van der Waals surface area (Å²) < 4.78 is 14.0. The standard InChI is InChI=1S/C8H9BrFNO/c1-5-2-3-7(9)6(4-12-11)8(5)10/h2-3H,4,11H2,1H3. The van der Waals surface area contributed by atoms with E-state index in [0.29, 0.717) is 15.6 Å². The maximum atomic E-state index is 13.3. The third-order valence-electron chi connectivity index (χ3n) is 1.61. The molecule has 0 aromatic heterocycles. The van der Waals surface area contributed by atoms with Crippen LogP contribution >= 0.6 is 15.9 Å². The molecule has 12 heavy (non-hydrogen) atoms. The highest BCUT2D eigenvalue weighted by Gasteiger charge is 2.08. The van der Waals surface area contributed by atoms with Gasteiger partial charge in [0.25, 0.3) is 0 Å². The van der Waals surface area contributed by atoms with Gasteiger partial charge in [-0.3, -0.25) is 4.84 Å². The van der Waals surface area contributed by atoms with Crippen LogP contribution in [-0.4, -0.2) is 0 Å². The van der Waals surface area contributed by atoms with Gasteiger partial charge >= 0.3 is 0 Å². The molecule has 1 aromatic rings. The van der Waals surface area contributed by atoms with Gasteiger partial charge in [-0.2, -0.15) is 0 Å². The summed E-state index contributed by atoms with van der Waals surface area (Å²) in [5.41, 5.74) is 1.04. The van der Waals surface area contributed by atoms with Gasteiger partial charge in [-0.05, 0) is 18.6 Å². The lowest BCUT2D eigenvalue weighted by Gasteiger charge is -2.06. The Bertz CT molecular complexity index is 291. The van der Waals surface area contributed by atoms with E-state index in [-0.39, 0.29) is 12.4 Å². The van der Waals surface area contributed by atoms with Gasteiger partial charge in [-0.25, -0.2) is 10.3 Å². The molecule has 0 bridgehead atoms. The SMILES string of the molecule is Cc1ccc(Br)c(CON)c1F. The Kier molecular flexibility index (Phi) is 3.20. The van der Waals surface area contributed by atoms with Gasteiger partial charge in [0.2, 0.25) is 0 Å². The number of benzene rings is 1. The summed E-state index contributed by atoms with van der Waals surface area (Å²) in [6.07, 6.45) is 0. The molecule has 0 fully saturated rings. The minimum absolute atomic E-state index is 0.0775. The number of aryl methyl sites for hydroxylation is 1. The molecule has 0 amide bonds. The molecule has 0 heterocycles. The first-order valence-electron chi connectivity index (χ1n) is 3.42. The summed E-state index contributed by atoms with van der Waals surface area (Å²) in [5.74, 6) is 4.59. The van der Waals surface area contributed by atoms with Crippen LogP contribution in [-0.2, 0) is 11.4 Å². The fourth-order valence-electron chi connectivity index (χ4n) is 0.930. The van der Waals surface area contributed by atoms with Crippen LogP contribution < -0.4 is 5.90 Å². The molecule has 1 rings (SSSR count). The van der Waals surface area contributed by atoms with Crippen LogP contribution in [0.5, 0.6) is 0 Å². The van der Waals surface area contributed by atoms with Crippen molar-refractivity contribution >= 4 is 15.9 Å².